The van der Waals surface area contributed by atoms with Crippen LogP contribution in [0.3, 0.4) is 0 Å². The van der Waals surface area contributed by atoms with E-state index in [1.807, 2.05) is 0 Å². The van der Waals surface area contributed by atoms with E-state index < -0.39 is 194 Å². The van der Waals surface area contributed by atoms with Crippen molar-refractivity contribution < 1.29 is 207 Å². The summed E-state index contributed by atoms with van der Waals surface area (Å²) in [4.78, 5) is 0. The molecule has 0 rings (SSSR count). The van der Waals surface area contributed by atoms with Crippen molar-refractivity contribution in [1.29, 1.82) is 0 Å². The van der Waals surface area contributed by atoms with Gasteiger partial charge in [-0.05, 0) is 6.42 Å². The van der Waals surface area contributed by atoms with E-state index in [1.165, 1.54) is 0 Å². The molecule has 0 saturated heterocycles. The topological polar surface area (TPSA) is 630 Å². The maximum absolute atomic E-state index is 11.1. The molecule has 0 aromatic carbocycles. The molecule has 0 aromatic heterocycles. The molecule has 21 atom stereocenters. The van der Waals surface area contributed by atoms with Crippen LogP contribution in [-0.4, -0.2) is 511 Å². The summed E-state index contributed by atoms with van der Waals surface area (Å²) in [5, 5.41) is 217. The molecule has 0 aliphatic heterocycles. The third-order valence-electron chi connectivity index (χ3n) is 13.8. The largest absolute Gasteiger partial charge is 0.394 e. The van der Waals surface area contributed by atoms with E-state index in [2.05, 4.69) is 0 Å². The second-order valence-electron chi connectivity index (χ2n) is 24.7. The number of aliphatic hydroxyl groups is 22. The number of ether oxygens (including phenoxy) is 20. The van der Waals surface area contributed by atoms with E-state index in [-0.39, 0.29) is 205 Å². The van der Waals surface area contributed by atoms with Crippen LogP contribution in [0.2, 0.25) is 0 Å². The molecule has 0 fully saturated rings. The van der Waals surface area contributed by atoms with Gasteiger partial charge in [0.2, 0.25) is 0 Å². The quantitative estimate of drug-likeness (QED) is 0.0269. The van der Waals surface area contributed by atoms with Gasteiger partial charge in [-0.15, -0.1) is 0 Å². The summed E-state index contributed by atoms with van der Waals surface area (Å²) in [5.41, 5.74) is 0. The normalized spacial score (nSPS) is 18.4. The molecule has 0 saturated carbocycles. The van der Waals surface area contributed by atoms with Gasteiger partial charge in [-0.1, -0.05) is 6.92 Å². The molecule has 0 aliphatic carbocycles. The number of rotatable bonds is 82. The summed E-state index contributed by atoms with van der Waals surface area (Å²) in [7, 11) is 0. The Kier molecular flexibility index (Phi) is 70.0. The molecule has 22 N–H and O–H groups in total. The molecule has 638 valence electrons. The highest BCUT2D eigenvalue weighted by molar-refractivity contribution is 4.71. The summed E-state index contributed by atoms with van der Waals surface area (Å²) >= 11 is 0. The predicted molar refractivity (Wildman–Crippen MR) is 360 cm³/mol. The van der Waals surface area contributed by atoms with Crippen LogP contribution in [0.15, 0.2) is 0 Å². The Morgan fingerprint density at radius 2 is 0.274 bits per heavy atom. The van der Waals surface area contributed by atoms with E-state index in [9.17, 15) is 97.0 Å². The van der Waals surface area contributed by atoms with E-state index in [4.69, 9.17) is 110 Å². The fraction of sp³-hybridized carbons (Fsp3) is 1.00. The molecule has 42 heteroatoms. The summed E-state index contributed by atoms with van der Waals surface area (Å²) < 4.78 is 115. The van der Waals surface area contributed by atoms with Crippen LogP contribution < -0.4 is 0 Å². The van der Waals surface area contributed by atoms with Gasteiger partial charge >= 0.3 is 0 Å². The Labute approximate surface area is 617 Å². The maximum Gasteiger partial charge on any atom is 0.104 e. The minimum Gasteiger partial charge on any atom is -0.394 e. The lowest BCUT2D eigenvalue weighted by molar-refractivity contribution is -0.150. The van der Waals surface area contributed by atoms with Gasteiger partial charge in [0.05, 0.1) is 277 Å². The Morgan fingerprint density at radius 1 is 0.142 bits per heavy atom. The lowest BCUT2D eigenvalue weighted by Gasteiger charge is -2.27. The minimum atomic E-state index is -1.36. The SMILES string of the molecule is CCC(O)COCC(O)COC(COCC(O)COCC(O)CO)COCC(COC(COCC(COCC(COCC(O)CO)OCC(O)COCC(O)CO)OCC(O)CO)COCC(COCC(O)COCC(O)CO)OCC(O)COCC(O)CO)OCC(O)COCC(CO)OCC(O)CO. The molecule has 0 radical (unpaired) electrons. The third-order valence-corrected chi connectivity index (χ3v) is 13.8. The lowest BCUT2D eigenvalue weighted by atomic mass is 10.3. The first-order valence-corrected chi connectivity index (χ1v) is 35.2. The second-order valence-corrected chi connectivity index (χ2v) is 24.7. The molecular formula is C64H130O42. The second kappa shape index (κ2) is 71.1. The Hall–Kier alpha value is -1.68. The van der Waals surface area contributed by atoms with Gasteiger partial charge < -0.3 is 207 Å². The van der Waals surface area contributed by atoms with Crippen molar-refractivity contribution in [2.75, 3.05) is 271 Å². The van der Waals surface area contributed by atoms with E-state index in [0.717, 1.165) is 0 Å². The zero-order valence-corrected chi connectivity index (χ0v) is 60.8. The van der Waals surface area contributed by atoms with Crippen LogP contribution in [0, 0.1) is 0 Å². The van der Waals surface area contributed by atoms with Gasteiger partial charge in [0, 0.05) is 0 Å². The maximum atomic E-state index is 11.1. The zero-order valence-electron chi connectivity index (χ0n) is 60.8. The molecular weight excluding hydrogens is 1440 g/mol. The first kappa shape index (κ1) is 104. The van der Waals surface area contributed by atoms with Crippen LogP contribution in [0.5, 0.6) is 0 Å². The smallest absolute Gasteiger partial charge is 0.104 e. The molecule has 0 bridgehead atoms. The third kappa shape index (κ3) is 62.8. The fourth-order valence-corrected chi connectivity index (χ4v) is 7.89. The molecule has 21 unspecified atom stereocenters. The monoisotopic (exact) mass is 1570 g/mol. The van der Waals surface area contributed by atoms with Gasteiger partial charge in [-0.3, -0.25) is 0 Å². The van der Waals surface area contributed by atoms with Gasteiger partial charge in [-0.2, -0.15) is 0 Å². The summed E-state index contributed by atoms with van der Waals surface area (Å²) in [5.74, 6) is 0. The highest BCUT2D eigenvalue weighted by Crippen LogP contribution is 2.11. The summed E-state index contributed by atoms with van der Waals surface area (Å²) in [6, 6.07) is 0. The first-order chi connectivity index (χ1) is 51.0. The molecule has 0 spiro atoms. The zero-order chi connectivity index (χ0) is 79.0. The van der Waals surface area contributed by atoms with Crippen molar-refractivity contribution >= 4 is 0 Å². The van der Waals surface area contributed by atoms with Crippen LogP contribution in [0.1, 0.15) is 13.3 Å². The van der Waals surface area contributed by atoms with Crippen molar-refractivity contribution in [2.24, 2.45) is 0 Å². The fourth-order valence-electron chi connectivity index (χ4n) is 7.89. The average Bonchev–Trinajstić information content (AvgIpc) is 0.946. The molecule has 0 amide bonds. The lowest BCUT2D eigenvalue weighted by Crippen LogP contribution is -2.39. The summed E-state index contributed by atoms with van der Waals surface area (Å²) in [6.07, 6.45) is -23.6. The molecule has 0 aromatic rings. The van der Waals surface area contributed by atoms with Gasteiger partial charge in [0.15, 0.2) is 0 Å². The van der Waals surface area contributed by atoms with E-state index >= 15 is 0 Å². The predicted octanol–water partition coefficient (Wildman–Crippen LogP) is -12.7. The van der Waals surface area contributed by atoms with Crippen LogP contribution in [0.25, 0.3) is 0 Å². The van der Waals surface area contributed by atoms with Gasteiger partial charge in [0.1, 0.15) is 122 Å². The molecule has 106 heavy (non-hydrogen) atoms. The minimum absolute atomic E-state index is 0.0578. The Balaban J connectivity index is 7.26. The van der Waals surface area contributed by atoms with Crippen molar-refractivity contribution in [3.63, 3.8) is 0 Å². The van der Waals surface area contributed by atoms with Gasteiger partial charge in [-0.25, -0.2) is 0 Å². The van der Waals surface area contributed by atoms with Crippen molar-refractivity contribution in [1.82, 2.24) is 0 Å². The van der Waals surface area contributed by atoms with Crippen LogP contribution in [-0.2, 0) is 94.7 Å². The van der Waals surface area contributed by atoms with E-state index in [0.29, 0.717) is 6.42 Å². The van der Waals surface area contributed by atoms with Crippen molar-refractivity contribution in [3.05, 3.63) is 0 Å². The number of hydrogen-bond acceptors (Lipinski definition) is 42. The highest BCUT2D eigenvalue weighted by Gasteiger charge is 2.26. The standard InChI is InChI=1S/C64H130O42/c1-2-44(73)11-87-21-54(83)27-103-61(34-95-20-53(82)18-89-13-46(75)4-66)37-99-42-64(105-30-57(86)24-93-31-58(10-72)100-25-50(79)8-70)43-106-63(40-97-36-60(104-29-56(85)23-91-15-48(77)6-68)33-94-19-52(81)17-88-12-45(74)3-65)41-98-39-62(101-26-51(80)9-71)38-96-35-59(32-92-16-49(78)7-69)102-28-55(84)22-90-14-47(76)5-67/h44-86H,2-43H2,1H3. The molecule has 42 nitrogen and oxygen atoms in total. The highest BCUT2D eigenvalue weighted by atomic mass is 16.6. The van der Waals surface area contributed by atoms with Crippen LogP contribution >= 0.6 is 0 Å². The van der Waals surface area contributed by atoms with Gasteiger partial charge in [0.25, 0.3) is 0 Å². The number of aliphatic hydroxyl groups excluding tert-OH is 22. The Morgan fingerprint density at radius 3 is 0.481 bits per heavy atom. The number of hydrogen-bond donors (Lipinski definition) is 22. The Bertz CT molecular complexity index is 1840. The van der Waals surface area contributed by atoms with E-state index in [1.54, 1.807) is 6.92 Å². The average molecular weight is 1570 g/mol. The first-order valence-electron chi connectivity index (χ1n) is 35.2. The summed E-state index contributed by atoms with van der Waals surface area (Å²) in [6.45, 7) is -13.1. The molecule has 0 aliphatic rings. The van der Waals surface area contributed by atoms with Crippen molar-refractivity contribution in [3.8, 4) is 0 Å². The van der Waals surface area contributed by atoms with Crippen molar-refractivity contribution in [2.45, 2.75) is 142 Å². The van der Waals surface area contributed by atoms with Crippen LogP contribution in [0.4, 0.5) is 0 Å². The molecule has 0 heterocycles.